The Morgan fingerprint density at radius 2 is 1.69 bits per heavy atom. The number of imidazole rings is 1. The van der Waals surface area contributed by atoms with Crippen LogP contribution in [-0.4, -0.2) is 31.5 Å². The van der Waals surface area contributed by atoms with E-state index in [1.54, 1.807) is 30.3 Å². The van der Waals surface area contributed by atoms with E-state index in [2.05, 4.69) is 14.9 Å². The molecule has 0 radical (unpaired) electrons. The largest absolute Gasteiger partial charge is 0.478 e. The maximum atomic E-state index is 12.8. The number of fused-ring (bicyclic) bond motifs is 2. The lowest BCUT2D eigenvalue weighted by molar-refractivity contribution is 0.0696. The van der Waals surface area contributed by atoms with Crippen LogP contribution in [0, 0.1) is 0 Å². The maximum absolute atomic E-state index is 12.8. The van der Waals surface area contributed by atoms with Gasteiger partial charge in [0.05, 0.1) is 22.1 Å². The number of carbonyl (C=O) groups is 2. The van der Waals surface area contributed by atoms with Gasteiger partial charge in [-0.05, 0) is 73.0 Å². The smallest absolute Gasteiger partial charge is 0.335 e. The van der Waals surface area contributed by atoms with Crippen molar-refractivity contribution < 1.29 is 14.7 Å². The maximum Gasteiger partial charge on any atom is 0.335 e. The Bertz CT molecular complexity index is 1710. The first-order valence-electron chi connectivity index (χ1n) is 13.2. The molecule has 0 atom stereocenters. The number of carbonyl (C=O) groups excluding carboxylic acids is 1. The van der Waals surface area contributed by atoms with Crippen LogP contribution in [0.1, 0.15) is 64.6 Å². The summed E-state index contributed by atoms with van der Waals surface area (Å²) < 4.78 is 2.29. The number of carboxylic acid groups (broad SMARTS) is 1. The molecule has 2 N–H and O–H groups in total. The zero-order chi connectivity index (χ0) is 26.9. The van der Waals surface area contributed by atoms with Gasteiger partial charge >= 0.3 is 5.97 Å². The molecule has 1 saturated carbocycles. The van der Waals surface area contributed by atoms with E-state index in [1.807, 2.05) is 42.5 Å². The number of pyridine rings is 1. The summed E-state index contributed by atoms with van der Waals surface area (Å²) in [6.07, 6.45) is 5.72. The molecule has 1 amide bonds. The van der Waals surface area contributed by atoms with Gasteiger partial charge in [-0.25, -0.2) is 14.8 Å². The molecule has 5 aromatic rings. The number of rotatable bonds is 6. The van der Waals surface area contributed by atoms with Gasteiger partial charge in [-0.2, -0.15) is 0 Å². The molecule has 0 spiro atoms. The highest BCUT2D eigenvalue weighted by molar-refractivity contribution is 6.30. The summed E-state index contributed by atoms with van der Waals surface area (Å²) in [7, 11) is 0. The van der Waals surface area contributed by atoms with E-state index in [0.717, 1.165) is 40.7 Å². The minimum Gasteiger partial charge on any atom is -0.478 e. The van der Waals surface area contributed by atoms with Gasteiger partial charge in [-0.1, -0.05) is 49.1 Å². The van der Waals surface area contributed by atoms with Crippen LogP contribution in [-0.2, 0) is 6.54 Å². The van der Waals surface area contributed by atoms with Gasteiger partial charge in [0.25, 0.3) is 5.91 Å². The molecule has 3 aromatic carbocycles. The van der Waals surface area contributed by atoms with E-state index in [9.17, 15) is 14.7 Å². The molecule has 6 rings (SSSR count). The lowest BCUT2D eigenvalue weighted by Gasteiger charge is -2.25. The normalized spacial score (nSPS) is 14.1. The predicted octanol–water partition coefficient (Wildman–Crippen LogP) is 7.04. The summed E-state index contributed by atoms with van der Waals surface area (Å²) in [6.45, 7) is 0.385. The molecule has 0 aliphatic heterocycles. The summed E-state index contributed by atoms with van der Waals surface area (Å²) in [5, 5.41) is 14.0. The molecule has 0 saturated heterocycles. The van der Waals surface area contributed by atoms with Crippen molar-refractivity contribution in [3.63, 3.8) is 0 Å². The minimum absolute atomic E-state index is 0.229. The molecule has 1 fully saturated rings. The van der Waals surface area contributed by atoms with E-state index in [1.165, 1.54) is 19.3 Å². The molecular formula is C31H27ClN4O3. The zero-order valence-electron chi connectivity index (χ0n) is 21.2. The SMILES string of the molecule is O=C(O)c1ccc2c(c1)nc(-c1ccc3nc(C(=O)NCc4ccc(Cl)cc4)ccc3c1)n2C1CCCCC1. The molecule has 39 heavy (non-hydrogen) atoms. The number of hydrogen-bond acceptors (Lipinski definition) is 4. The molecule has 2 heterocycles. The molecule has 2 aromatic heterocycles. The fourth-order valence-electron chi connectivity index (χ4n) is 5.41. The molecule has 1 aliphatic rings. The Kier molecular flexibility index (Phi) is 6.75. The fourth-order valence-corrected chi connectivity index (χ4v) is 5.54. The number of carboxylic acids is 1. The minimum atomic E-state index is -0.963. The second kappa shape index (κ2) is 10.5. The van der Waals surface area contributed by atoms with Crippen LogP contribution in [0.15, 0.2) is 72.8 Å². The third-order valence-corrected chi connectivity index (χ3v) is 7.67. The number of halogens is 1. The lowest BCUT2D eigenvalue weighted by Crippen LogP contribution is -2.23. The van der Waals surface area contributed by atoms with Crippen LogP contribution < -0.4 is 5.32 Å². The Morgan fingerprint density at radius 1 is 0.897 bits per heavy atom. The van der Waals surface area contributed by atoms with Crippen molar-refractivity contribution in [3.05, 3.63) is 94.6 Å². The van der Waals surface area contributed by atoms with E-state index in [-0.39, 0.29) is 11.5 Å². The van der Waals surface area contributed by atoms with Gasteiger partial charge in [0.1, 0.15) is 11.5 Å². The van der Waals surface area contributed by atoms with Gasteiger partial charge in [0, 0.05) is 28.6 Å². The van der Waals surface area contributed by atoms with Crippen LogP contribution in [0.5, 0.6) is 0 Å². The van der Waals surface area contributed by atoms with Gasteiger partial charge in [-0.3, -0.25) is 4.79 Å². The Labute approximate surface area is 230 Å². The number of nitrogens with one attached hydrogen (secondary N) is 1. The molecular weight excluding hydrogens is 512 g/mol. The Balaban J connectivity index is 1.32. The second-order valence-corrected chi connectivity index (χ2v) is 10.5. The standard InChI is InChI=1S/C31H27ClN4O3/c32-23-11-6-19(7-12-23)18-33-30(37)26-14-8-20-16-21(9-13-25(20)34-26)29-35-27-17-22(31(38)39)10-15-28(27)36(29)24-4-2-1-3-5-24/h6-17,24H,1-5,18H2,(H,33,37)(H,38,39). The van der Waals surface area contributed by atoms with Gasteiger partial charge in [-0.15, -0.1) is 0 Å². The number of aromatic carboxylic acids is 1. The summed E-state index contributed by atoms with van der Waals surface area (Å²) >= 11 is 5.94. The van der Waals surface area contributed by atoms with Gasteiger partial charge in [0.2, 0.25) is 0 Å². The van der Waals surface area contributed by atoms with Gasteiger partial charge < -0.3 is 15.0 Å². The zero-order valence-corrected chi connectivity index (χ0v) is 22.0. The van der Waals surface area contributed by atoms with Crippen LogP contribution in [0.2, 0.25) is 5.02 Å². The van der Waals surface area contributed by atoms with Crippen LogP contribution >= 0.6 is 11.6 Å². The van der Waals surface area contributed by atoms with Crippen molar-refractivity contribution in [2.24, 2.45) is 0 Å². The summed E-state index contributed by atoms with van der Waals surface area (Å²) in [5.74, 6) is -0.383. The van der Waals surface area contributed by atoms with Crippen LogP contribution in [0.4, 0.5) is 0 Å². The van der Waals surface area contributed by atoms with Crippen molar-refractivity contribution in [2.45, 2.75) is 44.7 Å². The van der Waals surface area contributed by atoms with Crippen molar-refractivity contribution in [1.29, 1.82) is 0 Å². The molecule has 8 heteroatoms. The van der Waals surface area contributed by atoms with Crippen molar-refractivity contribution in [3.8, 4) is 11.4 Å². The van der Waals surface area contributed by atoms with Crippen LogP contribution in [0.25, 0.3) is 33.3 Å². The average Bonchev–Trinajstić information content (AvgIpc) is 3.35. The first kappa shape index (κ1) is 25.1. The van der Waals surface area contributed by atoms with E-state index in [4.69, 9.17) is 16.6 Å². The van der Waals surface area contributed by atoms with E-state index in [0.29, 0.717) is 34.3 Å². The Hall–Kier alpha value is -4.23. The molecule has 196 valence electrons. The highest BCUT2D eigenvalue weighted by Gasteiger charge is 2.23. The summed E-state index contributed by atoms with van der Waals surface area (Å²) in [6, 6.07) is 22.4. The molecule has 0 unspecified atom stereocenters. The van der Waals surface area contributed by atoms with E-state index >= 15 is 0 Å². The van der Waals surface area contributed by atoms with Crippen LogP contribution in [0.3, 0.4) is 0 Å². The highest BCUT2D eigenvalue weighted by atomic mass is 35.5. The van der Waals surface area contributed by atoms with E-state index < -0.39 is 5.97 Å². The van der Waals surface area contributed by atoms with Gasteiger partial charge in [0.15, 0.2) is 0 Å². The predicted molar refractivity (Wildman–Crippen MR) is 152 cm³/mol. The third kappa shape index (κ3) is 5.10. The third-order valence-electron chi connectivity index (χ3n) is 7.42. The number of amides is 1. The average molecular weight is 539 g/mol. The first-order chi connectivity index (χ1) is 19.0. The number of benzene rings is 3. The van der Waals surface area contributed by atoms with Crippen molar-refractivity contribution >= 4 is 45.4 Å². The highest BCUT2D eigenvalue weighted by Crippen LogP contribution is 2.36. The molecule has 7 nitrogen and oxygen atoms in total. The second-order valence-electron chi connectivity index (χ2n) is 10.0. The number of aromatic nitrogens is 3. The summed E-state index contributed by atoms with van der Waals surface area (Å²) in [5.41, 5.74) is 4.81. The molecule has 1 aliphatic carbocycles. The van der Waals surface area contributed by atoms with Crippen molar-refractivity contribution in [2.75, 3.05) is 0 Å². The molecule has 0 bridgehead atoms. The fraction of sp³-hybridized carbons (Fsp3) is 0.226. The number of nitrogens with zero attached hydrogens (tertiary/aromatic N) is 3. The number of hydrogen-bond donors (Lipinski definition) is 2. The lowest BCUT2D eigenvalue weighted by atomic mass is 9.94. The topological polar surface area (TPSA) is 97.1 Å². The monoisotopic (exact) mass is 538 g/mol. The summed E-state index contributed by atoms with van der Waals surface area (Å²) in [4.78, 5) is 33.9. The van der Waals surface area contributed by atoms with Crippen molar-refractivity contribution in [1.82, 2.24) is 19.9 Å². The quantitative estimate of drug-likeness (QED) is 0.242. The first-order valence-corrected chi connectivity index (χ1v) is 13.5. The Morgan fingerprint density at radius 3 is 2.46 bits per heavy atom.